The molecule has 0 aliphatic carbocycles. The molecule has 0 aliphatic heterocycles. The first-order chi connectivity index (χ1) is 7.86. The zero-order valence-electron chi connectivity index (χ0n) is 9.40. The van der Waals surface area contributed by atoms with Crippen LogP contribution in [0.3, 0.4) is 0 Å². The Hall–Kier alpha value is -1.57. The van der Waals surface area contributed by atoms with E-state index < -0.39 is 0 Å². The Morgan fingerprint density at radius 2 is 2.25 bits per heavy atom. The van der Waals surface area contributed by atoms with E-state index in [1.54, 1.807) is 19.5 Å². The van der Waals surface area contributed by atoms with Gasteiger partial charge in [0.1, 0.15) is 5.75 Å². The lowest BCUT2D eigenvalue weighted by Gasteiger charge is -2.05. The summed E-state index contributed by atoms with van der Waals surface area (Å²) in [6, 6.07) is 1.85. The quantitative estimate of drug-likeness (QED) is 0.589. The van der Waals surface area contributed by atoms with Crippen LogP contribution in [0.1, 0.15) is 12.0 Å². The topological polar surface area (TPSA) is 57.4 Å². The van der Waals surface area contributed by atoms with Crippen molar-refractivity contribution < 1.29 is 9.47 Å². The van der Waals surface area contributed by atoms with Crippen LogP contribution < -0.4 is 10.5 Å². The van der Waals surface area contributed by atoms with Gasteiger partial charge in [0.2, 0.25) is 0 Å². The molecule has 1 rings (SSSR count). The molecule has 0 bridgehead atoms. The van der Waals surface area contributed by atoms with Gasteiger partial charge in [-0.15, -0.1) is 0 Å². The number of methoxy groups -OCH3 is 1. The minimum atomic E-state index is 0.346. The number of aromatic nitrogens is 1. The molecule has 1 heterocycles. The number of rotatable bonds is 5. The lowest BCUT2D eigenvalue weighted by atomic mass is 10.3. The average Bonchev–Trinajstić information content (AvgIpc) is 2.33. The van der Waals surface area contributed by atoms with E-state index in [9.17, 15) is 0 Å². The van der Waals surface area contributed by atoms with Gasteiger partial charge in [0.25, 0.3) is 0 Å². The van der Waals surface area contributed by atoms with Crippen LogP contribution in [-0.2, 0) is 4.74 Å². The predicted molar refractivity (Wildman–Crippen MR) is 62.2 cm³/mol. The molecule has 86 valence electrons. The van der Waals surface area contributed by atoms with Crippen LogP contribution >= 0.6 is 0 Å². The van der Waals surface area contributed by atoms with Gasteiger partial charge < -0.3 is 15.2 Å². The highest BCUT2D eigenvalue weighted by Gasteiger charge is 1.95. The first kappa shape index (κ1) is 12.5. The third-order valence-corrected chi connectivity index (χ3v) is 1.81. The van der Waals surface area contributed by atoms with Crippen LogP contribution in [0, 0.1) is 11.8 Å². The molecule has 4 heteroatoms. The molecule has 16 heavy (non-hydrogen) atoms. The summed E-state index contributed by atoms with van der Waals surface area (Å²) in [5.74, 6) is 6.40. The van der Waals surface area contributed by atoms with Gasteiger partial charge in [0, 0.05) is 31.9 Å². The normalized spacial score (nSPS) is 9.38. The van der Waals surface area contributed by atoms with E-state index in [-0.39, 0.29) is 0 Å². The average molecular weight is 220 g/mol. The lowest BCUT2D eigenvalue weighted by molar-refractivity contribution is 0.172. The summed E-state index contributed by atoms with van der Waals surface area (Å²) in [6.45, 7) is 1.66. The molecule has 4 nitrogen and oxygen atoms in total. The van der Waals surface area contributed by atoms with Crippen molar-refractivity contribution in [3.63, 3.8) is 0 Å². The molecule has 0 aliphatic rings. The molecule has 0 amide bonds. The second kappa shape index (κ2) is 7.69. The zero-order valence-corrected chi connectivity index (χ0v) is 9.40. The molecule has 0 unspecified atom stereocenters. The molecule has 1 aromatic heterocycles. The van der Waals surface area contributed by atoms with E-state index in [2.05, 4.69) is 16.8 Å². The van der Waals surface area contributed by atoms with Crippen molar-refractivity contribution in [3.8, 4) is 17.6 Å². The third-order valence-electron chi connectivity index (χ3n) is 1.81. The van der Waals surface area contributed by atoms with Crippen molar-refractivity contribution in [2.45, 2.75) is 6.42 Å². The smallest absolute Gasteiger partial charge is 0.138 e. The molecule has 0 radical (unpaired) electrons. The van der Waals surface area contributed by atoms with Gasteiger partial charge in [-0.3, -0.25) is 4.98 Å². The largest absolute Gasteiger partial charge is 0.492 e. The lowest BCUT2D eigenvalue weighted by Crippen LogP contribution is -2.01. The number of ether oxygens (including phenoxy) is 2. The Morgan fingerprint density at radius 1 is 1.38 bits per heavy atom. The van der Waals surface area contributed by atoms with Gasteiger partial charge in [0.15, 0.2) is 0 Å². The molecule has 0 fully saturated rings. The number of pyridine rings is 1. The van der Waals surface area contributed by atoms with Crippen molar-refractivity contribution in [3.05, 3.63) is 24.0 Å². The standard InChI is InChI=1S/C12H16N2O2/c1-15-6-3-7-16-12-8-11(4-2-5-13)9-14-10-12/h8-10H,3,5-7,13H2,1H3. The molecule has 1 aromatic rings. The van der Waals surface area contributed by atoms with E-state index in [1.165, 1.54) is 0 Å². The number of nitrogens with two attached hydrogens (primary N) is 1. The second-order valence-corrected chi connectivity index (χ2v) is 3.11. The van der Waals surface area contributed by atoms with Crippen LogP contribution in [0.4, 0.5) is 0 Å². The highest BCUT2D eigenvalue weighted by Crippen LogP contribution is 2.10. The maximum absolute atomic E-state index is 5.49. The minimum Gasteiger partial charge on any atom is -0.492 e. The Bertz CT molecular complexity index is 369. The first-order valence-corrected chi connectivity index (χ1v) is 5.12. The highest BCUT2D eigenvalue weighted by atomic mass is 16.5. The summed E-state index contributed by atoms with van der Waals surface area (Å²) in [7, 11) is 1.67. The first-order valence-electron chi connectivity index (χ1n) is 5.12. The van der Waals surface area contributed by atoms with Gasteiger partial charge in [-0.25, -0.2) is 0 Å². The molecule has 0 aromatic carbocycles. The van der Waals surface area contributed by atoms with Crippen LogP contribution in [0.15, 0.2) is 18.5 Å². The Balaban J connectivity index is 2.47. The molecule has 0 saturated heterocycles. The van der Waals surface area contributed by atoms with Crippen LogP contribution in [0.25, 0.3) is 0 Å². The highest BCUT2D eigenvalue weighted by molar-refractivity contribution is 5.36. The SMILES string of the molecule is COCCCOc1cncc(C#CCN)c1. The van der Waals surface area contributed by atoms with Crippen molar-refractivity contribution in [1.82, 2.24) is 4.98 Å². The van der Waals surface area contributed by atoms with Crippen molar-refractivity contribution in [1.29, 1.82) is 0 Å². The second-order valence-electron chi connectivity index (χ2n) is 3.11. The molecule has 0 spiro atoms. The maximum atomic E-state index is 5.49. The van der Waals surface area contributed by atoms with E-state index in [1.807, 2.05) is 6.07 Å². The van der Waals surface area contributed by atoms with Crippen LogP contribution in [0.5, 0.6) is 5.75 Å². The summed E-state index contributed by atoms with van der Waals surface area (Å²) >= 11 is 0. The number of hydrogen-bond donors (Lipinski definition) is 1. The molecular weight excluding hydrogens is 204 g/mol. The van der Waals surface area contributed by atoms with Gasteiger partial charge in [-0.1, -0.05) is 11.8 Å². The van der Waals surface area contributed by atoms with E-state index >= 15 is 0 Å². The van der Waals surface area contributed by atoms with Crippen molar-refractivity contribution in [2.75, 3.05) is 26.9 Å². The maximum Gasteiger partial charge on any atom is 0.138 e. The molecular formula is C12H16N2O2. The summed E-state index contributed by atoms with van der Waals surface area (Å²) in [5, 5.41) is 0. The Labute approximate surface area is 95.8 Å². The Kier molecular flexibility index (Phi) is 6.00. The molecule has 0 saturated carbocycles. The van der Waals surface area contributed by atoms with Gasteiger partial charge >= 0.3 is 0 Å². The van der Waals surface area contributed by atoms with Crippen LogP contribution in [-0.4, -0.2) is 31.9 Å². The molecule has 2 N–H and O–H groups in total. The zero-order chi connectivity index (χ0) is 11.6. The number of nitrogens with zero attached hydrogens (tertiary/aromatic N) is 1. The van der Waals surface area contributed by atoms with E-state index in [0.717, 1.165) is 17.7 Å². The number of hydrogen-bond acceptors (Lipinski definition) is 4. The van der Waals surface area contributed by atoms with Gasteiger partial charge in [-0.2, -0.15) is 0 Å². The summed E-state index contributed by atoms with van der Waals surface area (Å²) in [4.78, 5) is 4.04. The van der Waals surface area contributed by atoms with Gasteiger partial charge in [-0.05, 0) is 6.07 Å². The summed E-state index contributed by atoms with van der Waals surface area (Å²) in [6.07, 6.45) is 4.21. The van der Waals surface area contributed by atoms with E-state index in [4.69, 9.17) is 15.2 Å². The Morgan fingerprint density at radius 3 is 3.00 bits per heavy atom. The monoisotopic (exact) mass is 220 g/mol. The van der Waals surface area contributed by atoms with E-state index in [0.29, 0.717) is 19.8 Å². The summed E-state index contributed by atoms with van der Waals surface area (Å²) < 4.78 is 10.4. The van der Waals surface area contributed by atoms with Gasteiger partial charge in [0.05, 0.1) is 19.3 Å². The van der Waals surface area contributed by atoms with Crippen LogP contribution in [0.2, 0.25) is 0 Å². The van der Waals surface area contributed by atoms with Crippen molar-refractivity contribution in [2.24, 2.45) is 5.73 Å². The third kappa shape index (κ3) is 4.78. The fourth-order valence-electron chi connectivity index (χ4n) is 1.11. The minimum absolute atomic E-state index is 0.346. The fraction of sp³-hybridized carbons (Fsp3) is 0.417. The predicted octanol–water partition coefficient (Wildman–Crippen LogP) is 0.807. The van der Waals surface area contributed by atoms with Crippen molar-refractivity contribution >= 4 is 0 Å². The molecule has 0 atom stereocenters. The summed E-state index contributed by atoms with van der Waals surface area (Å²) in [5.41, 5.74) is 6.10. The fourth-order valence-corrected chi connectivity index (χ4v) is 1.11.